The highest BCUT2D eigenvalue weighted by molar-refractivity contribution is 6.38. The van der Waals surface area contributed by atoms with Crippen LogP contribution in [0.15, 0.2) is 12.2 Å². The lowest BCUT2D eigenvalue weighted by Gasteiger charge is -2.21. The molecule has 0 aliphatic carbocycles. The second-order valence-electron chi connectivity index (χ2n) is 5.26. The summed E-state index contributed by atoms with van der Waals surface area (Å²) in [6, 6.07) is 0. The molecule has 0 heterocycles. The second-order valence-corrected chi connectivity index (χ2v) is 5.26. The number of ether oxygens (including phenoxy) is 3. The quantitative estimate of drug-likeness (QED) is 0.258. The van der Waals surface area contributed by atoms with Gasteiger partial charge >= 0.3 is 17.9 Å². The zero-order chi connectivity index (χ0) is 18.8. The average molecular weight is 343 g/mol. The van der Waals surface area contributed by atoms with Gasteiger partial charge in [-0.05, 0) is 13.8 Å². The van der Waals surface area contributed by atoms with E-state index in [1.807, 2.05) is 0 Å². The van der Waals surface area contributed by atoms with Gasteiger partial charge in [-0.15, -0.1) is 0 Å². The standard InChI is InChI=1S/C15H21NO8/c1-15(2,9-24-12(19)6-5-10(17)22-3)13(20)14(21)16-8-7-11(18)23-4/h5-6H,7-9H2,1-4H3,(H,16,21)/b6-5+. The van der Waals surface area contributed by atoms with E-state index in [1.165, 1.54) is 21.0 Å². The largest absolute Gasteiger partial charge is 0.469 e. The van der Waals surface area contributed by atoms with Crippen molar-refractivity contribution in [2.45, 2.75) is 20.3 Å². The first kappa shape index (κ1) is 21.3. The van der Waals surface area contributed by atoms with Crippen LogP contribution in [-0.4, -0.2) is 57.0 Å². The summed E-state index contributed by atoms with van der Waals surface area (Å²) < 4.78 is 13.5. The van der Waals surface area contributed by atoms with Gasteiger partial charge in [0.05, 0.1) is 26.1 Å². The Morgan fingerprint density at radius 2 is 1.54 bits per heavy atom. The second kappa shape index (κ2) is 10.1. The van der Waals surface area contributed by atoms with Crippen LogP contribution in [0.5, 0.6) is 0 Å². The fourth-order valence-corrected chi connectivity index (χ4v) is 1.34. The number of ketones is 1. The number of carbonyl (C=O) groups is 5. The number of nitrogens with one attached hydrogen (secondary N) is 1. The number of hydrogen-bond donors (Lipinski definition) is 1. The molecule has 0 radical (unpaired) electrons. The maximum Gasteiger partial charge on any atom is 0.331 e. The van der Waals surface area contributed by atoms with Gasteiger partial charge in [-0.1, -0.05) is 0 Å². The maximum absolute atomic E-state index is 12.0. The number of rotatable bonds is 9. The van der Waals surface area contributed by atoms with Gasteiger partial charge in [-0.25, -0.2) is 9.59 Å². The Morgan fingerprint density at radius 1 is 0.958 bits per heavy atom. The highest BCUT2D eigenvalue weighted by Crippen LogP contribution is 2.17. The normalized spacial score (nSPS) is 10.8. The molecule has 0 aromatic heterocycles. The molecule has 0 atom stereocenters. The van der Waals surface area contributed by atoms with Crippen LogP contribution in [0.3, 0.4) is 0 Å². The summed E-state index contributed by atoms with van der Waals surface area (Å²) in [4.78, 5) is 56.9. The van der Waals surface area contributed by atoms with Crippen molar-refractivity contribution in [1.82, 2.24) is 5.32 Å². The summed E-state index contributed by atoms with van der Waals surface area (Å²) in [5, 5.41) is 2.28. The van der Waals surface area contributed by atoms with Crippen molar-refractivity contribution < 1.29 is 38.2 Å². The van der Waals surface area contributed by atoms with Crippen molar-refractivity contribution in [3.8, 4) is 0 Å². The van der Waals surface area contributed by atoms with Crippen LogP contribution < -0.4 is 5.32 Å². The van der Waals surface area contributed by atoms with Gasteiger partial charge in [0.1, 0.15) is 6.61 Å². The number of amides is 1. The molecule has 0 aliphatic rings. The van der Waals surface area contributed by atoms with E-state index in [0.29, 0.717) is 0 Å². The highest BCUT2D eigenvalue weighted by Gasteiger charge is 2.34. The smallest absolute Gasteiger partial charge is 0.331 e. The SMILES string of the molecule is COC(=O)/C=C/C(=O)OCC(C)(C)C(=O)C(=O)NCCC(=O)OC. The van der Waals surface area contributed by atoms with Crippen molar-refractivity contribution in [2.75, 3.05) is 27.4 Å². The minimum absolute atomic E-state index is 0.0466. The predicted octanol–water partition coefficient (Wildman–Crippen LogP) is -0.467. The Hall–Kier alpha value is -2.71. The topological polar surface area (TPSA) is 125 Å². The molecule has 0 fully saturated rings. The summed E-state index contributed by atoms with van der Waals surface area (Å²) in [5.74, 6) is -3.81. The van der Waals surface area contributed by atoms with E-state index in [0.717, 1.165) is 19.3 Å². The molecule has 1 amide bonds. The van der Waals surface area contributed by atoms with E-state index in [-0.39, 0.29) is 19.6 Å². The van der Waals surface area contributed by atoms with Gasteiger partial charge in [0.25, 0.3) is 5.91 Å². The molecule has 0 saturated heterocycles. The van der Waals surface area contributed by atoms with Crippen LogP contribution in [0.2, 0.25) is 0 Å². The van der Waals surface area contributed by atoms with Gasteiger partial charge in [0, 0.05) is 18.7 Å². The molecule has 0 bridgehead atoms. The molecule has 0 unspecified atom stereocenters. The Kier molecular flexibility index (Phi) is 8.99. The molecular formula is C15H21NO8. The molecule has 9 nitrogen and oxygen atoms in total. The monoisotopic (exact) mass is 343 g/mol. The van der Waals surface area contributed by atoms with Crippen molar-refractivity contribution >= 4 is 29.6 Å². The predicted molar refractivity (Wildman–Crippen MR) is 80.5 cm³/mol. The van der Waals surface area contributed by atoms with Crippen LogP contribution in [0, 0.1) is 5.41 Å². The number of methoxy groups -OCH3 is 2. The Bertz CT molecular complexity index is 536. The zero-order valence-corrected chi connectivity index (χ0v) is 14.0. The lowest BCUT2D eigenvalue weighted by molar-refractivity contribution is -0.150. The lowest BCUT2D eigenvalue weighted by Crippen LogP contribution is -2.43. The van der Waals surface area contributed by atoms with E-state index >= 15 is 0 Å². The molecule has 1 N–H and O–H groups in total. The Morgan fingerprint density at radius 3 is 2.08 bits per heavy atom. The van der Waals surface area contributed by atoms with Crippen molar-refractivity contribution in [3.05, 3.63) is 12.2 Å². The average Bonchev–Trinajstić information content (AvgIpc) is 2.56. The third-order valence-corrected chi connectivity index (χ3v) is 2.80. The number of carbonyl (C=O) groups excluding carboxylic acids is 5. The molecule has 9 heteroatoms. The zero-order valence-electron chi connectivity index (χ0n) is 14.0. The van der Waals surface area contributed by atoms with Gasteiger partial charge < -0.3 is 19.5 Å². The lowest BCUT2D eigenvalue weighted by atomic mass is 9.88. The summed E-state index contributed by atoms with van der Waals surface area (Å²) in [5.41, 5.74) is -1.27. The first-order valence-corrected chi connectivity index (χ1v) is 6.96. The van der Waals surface area contributed by atoms with Gasteiger partial charge in [-0.3, -0.25) is 14.4 Å². The molecule has 0 saturated carbocycles. The van der Waals surface area contributed by atoms with Crippen LogP contribution in [0.4, 0.5) is 0 Å². The third kappa shape index (κ3) is 8.06. The number of Topliss-reactive ketones (excluding diaryl/α,β-unsaturated/α-hetero) is 1. The van der Waals surface area contributed by atoms with Gasteiger partial charge in [0.2, 0.25) is 5.78 Å². The van der Waals surface area contributed by atoms with E-state index < -0.39 is 35.0 Å². The Balaban J connectivity index is 4.43. The summed E-state index contributed by atoms with van der Waals surface area (Å²) in [6.07, 6.45) is 1.66. The van der Waals surface area contributed by atoms with Crippen LogP contribution in [0.25, 0.3) is 0 Å². The van der Waals surface area contributed by atoms with E-state index in [9.17, 15) is 24.0 Å². The molecule has 134 valence electrons. The first-order chi connectivity index (χ1) is 11.1. The molecule has 24 heavy (non-hydrogen) atoms. The maximum atomic E-state index is 12.0. The summed E-state index contributed by atoms with van der Waals surface area (Å²) in [6.45, 7) is 2.44. The molecular weight excluding hydrogens is 322 g/mol. The summed E-state index contributed by atoms with van der Waals surface area (Å²) in [7, 11) is 2.36. The fourth-order valence-electron chi connectivity index (χ4n) is 1.34. The Labute approximate surface area is 139 Å². The van der Waals surface area contributed by atoms with Crippen molar-refractivity contribution in [1.29, 1.82) is 0 Å². The third-order valence-electron chi connectivity index (χ3n) is 2.80. The number of esters is 3. The van der Waals surface area contributed by atoms with Crippen LogP contribution in [-0.2, 0) is 38.2 Å². The van der Waals surface area contributed by atoms with E-state index in [1.54, 1.807) is 0 Å². The van der Waals surface area contributed by atoms with Gasteiger partial charge in [0.15, 0.2) is 0 Å². The summed E-state index contributed by atoms with van der Waals surface area (Å²) >= 11 is 0. The molecule has 0 aromatic carbocycles. The van der Waals surface area contributed by atoms with Gasteiger partial charge in [-0.2, -0.15) is 0 Å². The van der Waals surface area contributed by atoms with Crippen LogP contribution in [0.1, 0.15) is 20.3 Å². The minimum atomic E-state index is -1.27. The van der Waals surface area contributed by atoms with Crippen molar-refractivity contribution in [3.63, 3.8) is 0 Å². The van der Waals surface area contributed by atoms with E-state index in [4.69, 9.17) is 4.74 Å². The fraction of sp³-hybridized carbons (Fsp3) is 0.533. The van der Waals surface area contributed by atoms with Crippen LogP contribution >= 0.6 is 0 Å². The van der Waals surface area contributed by atoms with E-state index in [2.05, 4.69) is 14.8 Å². The minimum Gasteiger partial charge on any atom is -0.469 e. The molecule has 0 rings (SSSR count). The molecule has 0 spiro atoms. The van der Waals surface area contributed by atoms with Crippen molar-refractivity contribution in [2.24, 2.45) is 5.41 Å². The highest BCUT2D eigenvalue weighted by atomic mass is 16.5. The molecule has 0 aliphatic heterocycles. The first-order valence-electron chi connectivity index (χ1n) is 6.96. The molecule has 0 aromatic rings. The number of hydrogen-bond acceptors (Lipinski definition) is 8.